The minimum absolute atomic E-state index is 0.327. The molecule has 0 aliphatic rings. The van der Waals surface area contributed by atoms with Crippen molar-refractivity contribution in [2.75, 3.05) is 19.8 Å². The van der Waals surface area contributed by atoms with Gasteiger partial charge in [-0.2, -0.15) is 0 Å². The van der Waals surface area contributed by atoms with E-state index in [0.717, 1.165) is 17.9 Å². The highest BCUT2D eigenvalue weighted by Crippen LogP contribution is 2.17. The van der Waals surface area contributed by atoms with Gasteiger partial charge in [-0.15, -0.1) is 0 Å². The SMILES string of the molecule is CCCOc1ccc(OC/C=C/C(=O)OCC)cc1. The molecule has 0 amide bonds. The van der Waals surface area contributed by atoms with E-state index in [4.69, 9.17) is 14.2 Å². The number of hydrogen-bond acceptors (Lipinski definition) is 4. The number of benzene rings is 1. The lowest BCUT2D eigenvalue weighted by Gasteiger charge is -2.06. The maximum Gasteiger partial charge on any atom is 0.330 e. The molecule has 0 unspecified atom stereocenters. The number of carbonyl (C=O) groups excluding carboxylic acids is 1. The van der Waals surface area contributed by atoms with Gasteiger partial charge in [0.2, 0.25) is 0 Å². The van der Waals surface area contributed by atoms with E-state index < -0.39 is 0 Å². The fourth-order valence-corrected chi connectivity index (χ4v) is 1.33. The van der Waals surface area contributed by atoms with Gasteiger partial charge in [-0.25, -0.2) is 4.79 Å². The Morgan fingerprint density at radius 1 is 1.11 bits per heavy atom. The van der Waals surface area contributed by atoms with Gasteiger partial charge in [0.05, 0.1) is 13.2 Å². The molecule has 0 radical (unpaired) electrons. The molecule has 1 rings (SSSR count). The molecule has 104 valence electrons. The number of carbonyl (C=O) groups is 1. The minimum Gasteiger partial charge on any atom is -0.494 e. The van der Waals surface area contributed by atoms with Crippen molar-refractivity contribution < 1.29 is 19.0 Å². The first-order valence-electron chi connectivity index (χ1n) is 6.45. The van der Waals surface area contributed by atoms with E-state index in [1.165, 1.54) is 6.08 Å². The average molecular weight is 264 g/mol. The Labute approximate surface area is 114 Å². The van der Waals surface area contributed by atoms with Gasteiger partial charge in [0.25, 0.3) is 0 Å². The van der Waals surface area contributed by atoms with E-state index in [1.54, 1.807) is 13.0 Å². The van der Waals surface area contributed by atoms with Crippen molar-refractivity contribution in [3.8, 4) is 11.5 Å². The van der Waals surface area contributed by atoms with Gasteiger partial charge in [-0.1, -0.05) is 6.92 Å². The van der Waals surface area contributed by atoms with Gasteiger partial charge in [-0.3, -0.25) is 0 Å². The van der Waals surface area contributed by atoms with Crippen molar-refractivity contribution in [2.45, 2.75) is 20.3 Å². The quantitative estimate of drug-likeness (QED) is 0.535. The van der Waals surface area contributed by atoms with Crippen LogP contribution in [0.4, 0.5) is 0 Å². The Balaban J connectivity index is 2.31. The van der Waals surface area contributed by atoms with Crippen LogP contribution in [-0.2, 0) is 9.53 Å². The third-order valence-electron chi connectivity index (χ3n) is 2.18. The molecule has 0 fully saturated rings. The van der Waals surface area contributed by atoms with Crippen LogP contribution in [0.25, 0.3) is 0 Å². The molecule has 0 bridgehead atoms. The lowest BCUT2D eigenvalue weighted by atomic mass is 10.3. The van der Waals surface area contributed by atoms with Gasteiger partial charge < -0.3 is 14.2 Å². The Hall–Kier alpha value is -1.97. The lowest BCUT2D eigenvalue weighted by Crippen LogP contribution is -2.01. The summed E-state index contributed by atoms with van der Waals surface area (Å²) in [7, 11) is 0. The van der Waals surface area contributed by atoms with Crippen LogP contribution in [0.1, 0.15) is 20.3 Å². The van der Waals surface area contributed by atoms with Crippen molar-refractivity contribution >= 4 is 5.97 Å². The van der Waals surface area contributed by atoms with Crippen molar-refractivity contribution in [2.24, 2.45) is 0 Å². The molecule has 0 saturated heterocycles. The van der Waals surface area contributed by atoms with Crippen molar-refractivity contribution in [1.29, 1.82) is 0 Å². The molecule has 0 aliphatic heterocycles. The summed E-state index contributed by atoms with van der Waals surface area (Å²) in [6.07, 6.45) is 3.97. The third-order valence-corrected chi connectivity index (χ3v) is 2.18. The zero-order chi connectivity index (χ0) is 13.9. The zero-order valence-corrected chi connectivity index (χ0v) is 11.4. The summed E-state index contributed by atoms with van der Waals surface area (Å²) in [5.41, 5.74) is 0. The molecule has 0 spiro atoms. The monoisotopic (exact) mass is 264 g/mol. The summed E-state index contributed by atoms with van der Waals surface area (Å²) in [6, 6.07) is 7.40. The molecule has 1 aromatic carbocycles. The number of hydrogen-bond donors (Lipinski definition) is 0. The summed E-state index contributed by atoms with van der Waals surface area (Å²) in [5, 5.41) is 0. The Bertz CT molecular complexity index is 395. The molecule has 19 heavy (non-hydrogen) atoms. The van der Waals surface area contributed by atoms with Crippen molar-refractivity contribution in [3.63, 3.8) is 0 Å². The molecular weight excluding hydrogens is 244 g/mol. The second-order valence-electron chi connectivity index (χ2n) is 3.79. The summed E-state index contributed by atoms with van der Waals surface area (Å²) < 4.78 is 15.7. The Morgan fingerprint density at radius 2 is 1.74 bits per heavy atom. The van der Waals surface area contributed by atoms with Gasteiger partial charge in [0, 0.05) is 6.08 Å². The molecule has 4 nitrogen and oxygen atoms in total. The predicted molar refractivity (Wildman–Crippen MR) is 73.5 cm³/mol. The molecular formula is C15H20O4. The van der Waals surface area contributed by atoms with Crippen LogP contribution in [0.2, 0.25) is 0 Å². The first-order valence-corrected chi connectivity index (χ1v) is 6.45. The number of rotatable bonds is 8. The third kappa shape index (κ3) is 6.50. The normalized spacial score (nSPS) is 10.4. The summed E-state index contributed by atoms with van der Waals surface area (Å²) in [4.78, 5) is 11.0. The van der Waals surface area contributed by atoms with Crippen molar-refractivity contribution in [3.05, 3.63) is 36.4 Å². The highest BCUT2D eigenvalue weighted by atomic mass is 16.5. The largest absolute Gasteiger partial charge is 0.494 e. The molecule has 0 aromatic heterocycles. The van der Waals surface area contributed by atoms with E-state index >= 15 is 0 Å². The van der Waals surface area contributed by atoms with Gasteiger partial charge in [0.15, 0.2) is 0 Å². The van der Waals surface area contributed by atoms with Crippen LogP contribution in [0.5, 0.6) is 11.5 Å². The van der Waals surface area contributed by atoms with Crippen LogP contribution >= 0.6 is 0 Å². The fourth-order valence-electron chi connectivity index (χ4n) is 1.33. The zero-order valence-electron chi connectivity index (χ0n) is 11.4. The second kappa shape index (κ2) is 9.03. The van der Waals surface area contributed by atoms with Crippen molar-refractivity contribution in [1.82, 2.24) is 0 Å². The van der Waals surface area contributed by atoms with Crippen LogP contribution in [0.3, 0.4) is 0 Å². The highest BCUT2D eigenvalue weighted by molar-refractivity contribution is 5.81. The number of esters is 1. The van der Waals surface area contributed by atoms with E-state index in [2.05, 4.69) is 6.92 Å². The smallest absolute Gasteiger partial charge is 0.330 e. The topological polar surface area (TPSA) is 44.8 Å². The number of ether oxygens (including phenoxy) is 3. The van der Waals surface area contributed by atoms with Gasteiger partial charge in [0.1, 0.15) is 18.1 Å². The van der Waals surface area contributed by atoms with Crippen LogP contribution in [-0.4, -0.2) is 25.8 Å². The molecule has 4 heteroatoms. The molecule has 0 heterocycles. The van der Waals surface area contributed by atoms with Gasteiger partial charge >= 0.3 is 5.97 Å². The van der Waals surface area contributed by atoms with E-state index in [0.29, 0.717) is 19.8 Å². The first-order chi connectivity index (χ1) is 9.26. The van der Waals surface area contributed by atoms with E-state index in [9.17, 15) is 4.79 Å². The second-order valence-corrected chi connectivity index (χ2v) is 3.79. The maximum absolute atomic E-state index is 11.0. The molecule has 0 saturated carbocycles. The summed E-state index contributed by atoms with van der Waals surface area (Å²) in [5.74, 6) is 1.21. The molecule has 0 atom stereocenters. The average Bonchev–Trinajstić information content (AvgIpc) is 2.43. The maximum atomic E-state index is 11.0. The standard InChI is InChI=1S/C15H20O4/c1-3-11-18-13-7-9-14(10-8-13)19-12-5-6-15(16)17-4-2/h5-10H,3-4,11-12H2,1-2H3/b6-5+. The van der Waals surface area contributed by atoms with E-state index in [1.807, 2.05) is 24.3 Å². The predicted octanol–water partition coefficient (Wildman–Crippen LogP) is 2.97. The highest BCUT2D eigenvalue weighted by Gasteiger charge is 1.96. The Morgan fingerprint density at radius 3 is 2.32 bits per heavy atom. The molecule has 0 N–H and O–H groups in total. The molecule has 1 aromatic rings. The van der Waals surface area contributed by atoms with E-state index in [-0.39, 0.29) is 5.97 Å². The summed E-state index contributed by atoms with van der Waals surface area (Å²) in [6.45, 7) is 5.25. The molecule has 0 aliphatic carbocycles. The Kier molecular flexibility index (Phi) is 7.17. The van der Waals surface area contributed by atoms with Crippen LogP contribution in [0.15, 0.2) is 36.4 Å². The van der Waals surface area contributed by atoms with Gasteiger partial charge in [-0.05, 0) is 43.7 Å². The summed E-state index contributed by atoms with van der Waals surface area (Å²) >= 11 is 0. The van der Waals surface area contributed by atoms with Crippen LogP contribution < -0.4 is 9.47 Å². The fraction of sp³-hybridized carbons (Fsp3) is 0.400. The first kappa shape index (κ1) is 15.1. The lowest BCUT2D eigenvalue weighted by molar-refractivity contribution is -0.137. The van der Waals surface area contributed by atoms with Crippen LogP contribution in [0, 0.1) is 0 Å². The minimum atomic E-state index is -0.352.